The van der Waals surface area contributed by atoms with Gasteiger partial charge in [0.25, 0.3) is 5.69 Å². The molecule has 0 spiro atoms. The van der Waals surface area contributed by atoms with E-state index in [1.807, 2.05) is 65.8 Å². The van der Waals surface area contributed by atoms with Gasteiger partial charge in [0.1, 0.15) is 5.75 Å². The van der Waals surface area contributed by atoms with Gasteiger partial charge < -0.3 is 24.8 Å². The van der Waals surface area contributed by atoms with Crippen LogP contribution in [-0.4, -0.2) is 44.0 Å². The monoisotopic (exact) mass is 598 g/mol. The van der Waals surface area contributed by atoms with Gasteiger partial charge in [0.05, 0.1) is 35.5 Å². The molecular weight excluding hydrogens is 564 g/mol. The summed E-state index contributed by atoms with van der Waals surface area (Å²) in [7, 11) is 1.54. The Balaban J connectivity index is 1.52. The number of nitrogens with zero attached hydrogens (tertiary/aromatic N) is 4. The quantitative estimate of drug-likeness (QED) is 0.130. The number of pyridine rings is 1. The van der Waals surface area contributed by atoms with Crippen molar-refractivity contribution in [1.82, 2.24) is 19.8 Å². The van der Waals surface area contributed by atoms with E-state index in [1.165, 1.54) is 12.1 Å². The number of nitrogens with one attached hydrogen (secondary N) is 2. The van der Waals surface area contributed by atoms with Crippen LogP contribution in [0.2, 0.25) is 0 Å². The maximum Gasteiger partial charge on any atom is 0.271 e. The number of benzene rings is 2. The molecule has 1 aliphatic rings. The molecule has 1 aliphatic heterocycles. The predicted octanol–water partition coefficient (Wildman–Crippen LogP) is 5.97. The molecule has 2 N–H and O–H groups in total. The first-order valence-corrected chi connectivity index (χ1v) is 14.5. The molecule has 0 radical (unpaired) electrons. The lowest BCUT2D eigenvalue weighted by molar-refractivity contribution is -0.384. The summed E-state index contributed by atoms with van der Waals surface area (Å²) >= 11 is 5.83. The number of carbonyl (C=O) groups is 1. The molecule has 1 amide bonds. The molecule has 1 fully saturated rings. The van der Waals surface area contributed by atoms with Crippen LogP contribution in [0, 0.1) is 24.0 Å². The van der Waals surface area contributed by atoms with Gasteiger partial charge in [-0.15, -0.1) is 0 Å². The maximum absolute atomic E-state index is 13.1. The number of aromatic nitrogens is 2. The van der Waals surface area contributed by atoms with Crippen molar-refractivity contribution in [1.29, 1.82) is 0 Å². The van der Waals surface area contributed by atoms with Crippen LogP contribution in [0.1, 0.15) is 53.6 Å². The number of nitro benzene ring substituents is 1. The van der Waals surface area contributed by atoms with Crippen molar-refractivity contribution in [2.75, 3.05) is 19.0 Å². The van der Waals surface area contributed by atoms with E-state index in [0.717, 1.165) is 40.3 Å². The smallest absolute Gasteiger partial charge is 0.271 e. The Kier molecular flexibility index (Phi) is 8.72. The van der Waals surface area contributed by atoms with Crippen molar-refractivity contribution in [2.45, 2.75) is 45.7 Å². The molecule has 1 saturated heterocycles. The third-order valence-electron chi connectivity index (χ3n) is 7.85. The zero-order chi connectivity index (χ0) is 30.7. The summed E-state index contributed by atoms with van der Waals surface area (Å²) in [5.74, 6) is 0.414. The van der Waals surface area contributed by atoms with E-state index in [0.29, 0.717) is 23.1 Å². The number of aryl methyl sites for hydroxylation is 2. The van der Waals surface area contributed by atoms with Gasteiger partial charge in [-0.05, 0) is 73.9 Å². The predicted molar refractivity (Wildman–Crippen MR) is 170 cm³/mol. The van der Waals surface area contributed by atoms with E-state index in [-0.39, 0.29) is 30.1 Å². The highest BCUT2D eigenvalue weighted by molar-refractivity contribution is 7.80. The number of para-hydroxylation sites is 1. The molecule has 2 aromatic carbocycles. The molecule has 222 valence electrons. The zero-order valence-corrected chi connectivity index (χ0v) is 25.4. The highest BCUT2D eigenvalue weighted by Gasteiger charge is 2.41. The largest absolute Gasteiger partial charge is 0.495 e. The van der Waals surface area contributed by atoms with Crippen LogP contribution in [0.15, 0.2) is 72.9 Å². The summed E-state index contributed by atoms with van der Waals surface area (Å²) in [6.07, 6.45) is 2.79. The molecule has 2 aromatic heterocycles. The number of non-ortho nitro benzene ring substituents is 1. The molecule has 10 nitrogen and oxygen atoms in total. The molecule has 4 aromatic rings. The summed E-state index contributed by atoms with van der Waals surface area (Å²) in [6.45, 7) is 6.36. The van der Waals surface area contributed by atoms with Gasteiger partial charge in [-0.1, -0.05) is 31.2 Å². The summed E-state index contributed by atoms with van der Waals surface area (Å²) < 4.78 is 7.56. The minimum Gasteiger partial charge on any atom is -0.495 e. The summed E-state index contributed by atoms with van der Waals surface area (Å²) in [4.78, 5) is 31.0. The summed E-state index contributed by atoms with van der Waals surface area (Å²) in [5, 5.41) is 18.6. The normalized spacial score (nSPS) is 16.2. The number of methoxy groups -OCH3 is 1. The van der Waals surface area contributed by atoms with Crippen molar-refractivity contribution < 1.29 is 14.5 Å². The number of nitro groups is 1. The molecule has 0 aliphatic carbocycles. The van der Waals surface area contributed by atoms with Gasteiger partial charge >= 0.3 is 0 Å². The maximum atomic E-state index is 13.1. The minimum absolute atomic E-state index is 0.0304. The average Bonchev–Trinajstić information content (AvgIpc) is 3.50. The van der Waals surface area contributed by atoms with Gasteiger partial charge in [-0.3, -0.25) is 19.9 Å². The Labute approximate surface area is 255 Å². The SMILES string of the molecule is CCc1ccccc1NC(=O)CCN1C(=S)NC(c2ccccn2)C1c1cc(C)n(-c2cc([N+](=O)[O-])ccc2OC)c1C. The number of thiocarbonyl (C=S) groups is 1. The Morgan fingerprint density at radius 3 is 2.60 bits per heavy atom. The third kappa shape index (κ3) is 5.94. The number of hydrogen-bond acceptors (Lipinski definition) is 6. The minimum atomic E-state index is -0.417. The molecule has 43 heavy (non-hydrogen) atoms. The van der Waals surface area contributed by atoms with Gasteiger partial charge in [-0.25, -0.2) is 0 Å². The van der Waals surface area contributed by atoms with E-state index in [9.17, 15) is 14.9 Å². The number of ether oxygens (including phenoxy) is 1. The molecule has 11 heteroatoms. The number of rotatable bonds is 10. The van der Waals surface area contributed by atoms with Crippen LogP contribution >= 0.6 is 12.2 Å². The second kappa shape index (κ2) is 12.6. The lowest BCUT2D eigenvalue weighted by Crippen LogP contribution is -2.33. The number of amides is 1. The van der Waals surface area contributed by atoms with Crippen molar-refractivity contribution >= 4 is 34.6 Å². The van der Waals surface area contributed by atoms with Crippen LogP contribution in [0.4, 0.5) is 11.4 Å². The Morgan fingerprint density at radius 1 is 1.14 bits per heavy atom. The van der Waals surface area contributed by atoms with E-state index >= 15 is 0 Å². The van der Waals surface area contributed by atoms with E-state index in [2.05, 4.69) is 28.6 Å². The van der Waals surface area contributed by atoms with E-state index in [1.54, 1.807) is 19.4 Å². The van der Waals surface area contributed by atoms with Crippen molar-refractivity contribution in [3.05, 3.63) is 111 Å². The van der Waals surface area contributed by atoms with E-state index < -0.39 is 4.92 Å². The van der Waals surface area contributed by atoms with Crippen LogP contribution < -0.4 is 15.4 Å². The fourth-order valence-corrected chi connectivity index (χ4v) is 6.13. The number of carbonyl (C=O) groups excluding carboxylic acids is 1. The second-order valence-corrected chi connectivity index (χ2v) is 10.8. The van der Waals surface area contributed by atoms with Crippen LogP contribution in [-0.2, 0) is 11.2 Å². The summed E-state index contributed by atoms with van der Waals surface area (Å²) in [5.41, 5.74) is 5.96. The van der Waals surface area contributed by atoms with Gasteiger partial charge in [-0.2, -0.15) is 0 Å². The highest BCUT2D eigenvalue weighted by Crippen LogP contribution is 2.42. The lowest BCUT2D eigenvalue weighted by atomic mass is 9.96. The van der Waals surface area contributed by atoms with Crippen LogP contribution in [0.5, 0.6) is 5.75 Å². The fourth-order valence-electron chi connectivity index (χ4n) is 5.79. The molecule has 0 saturated carbocycles. The lowest BCUT2D eigenvalue weighted by Gasteiger charge is -2.28. The number of hydrogen-bond donors (Lipinski definition) is 2. The molecule has 0 bridgehead atoms. The van der Waals surface area contributed by atoms with E-state index in [4.69, 9.17) is 17.0 Å². The Morgan fingerprint density at radius 2 is 1.91 bits per heavy atom. The van der Waals surface area contributed by atoms with Crippen molar-refractivity contribution in [2.24, 2.45) is 0 Å². The molecule has 2 unspecified atom stereocenters. The highest BCUT2D eigenvalue weighted by atomic mass is 32.1. The topological polar surface area (TPSA) is 115 Å². The Bertz CT molecular complexity index is 1670. The van der Waals surface area contributed by atoms with Crippen LogP contribution in [0.25, 0.3) is 5.69 Å². The second-order valence-electron chi connectivity index (χ2n) is 10.4. The first-order valence-electron chi connectivity index (χ1n) is 14.1. The first kappa shape index (κ1) is 29.7. The first-order chi connectivity index (χ1) is 20.7. The standard InChI is InChI=1S/C32H34N6O4S/c1-5-22-10-6-7-11-25(22)34-29(39)15-17-36-31(30(35-32(36)43)26-12-8-9-16-33-26)24-18-20(2)37(21(24)3)27-19-23(38(40)41)13-14-28(27)42-4/h6-14,16,18-19,30-31H,5,15,17H2,1-4H3,(H,34,39)(H,35,43). The van der Waals surface area contributed by atoms with Crippen molar-refractivity contribution in [3.8, 4) is 11.4 Å². The van der Waals surface area contributed by atoms with Crippen molar-refractivity contribution in [3.63, 3.8) is 0 Å². The zero-order valence-electron chi connectivity index (χ0n) is 24.5. The van der Waals surface area contributed by atoms with Gasteiger partial charge in [0.2, 0.25) is 5.91 Å². The summed E-state index contributed by atoms with van der Waals surface area (Å²) in [6, 6.07) is 19.6. The van der Waals surface area contributed by atoms with Gasteiger partial charge in [0.15, 0.2) is 5.11 Å². The molecule has 5 rings (SSSR count). The van der Waals surface area contributed by atoms with Crippen LogP contribution in [0.3, 0.4) is 0 Å². The molecular formula is C32H34N6O4S. The Hall–Kier alpha value is -4.77. The molecule has 3 heterocycles. The molecule has 2 atom stereocenters. The van der Waals surface area contributed by atoms with Gasteiger partial charge in [0, 0.05) is 48.4 Å². The number of anilines is 1. The fraction of sp³-hybridized carbons (Fsp3) is 0.281. The third-order valence-corrected chi connectivity index (χ3v) is 8.21. The average molecular weight is 599 g/mol.